The predicted molar refractivity (Wildman–Crippen MR) is 107 cm³/mol. The van der Waals surface area contributed by atoms with Gasteiger partial charge in [-0.2, -0.15) is 0 Å². The van der Waals surface area contributed by atoms with Gasteiger partial charge in [-0.25, -0.2) is 0 Å². The molecule has 3 heteroatoms. The third-order valence-electron chi connectivity index (χ3n) is 5.27. The Morgan fingerprint density at radius 2 is 1.92 bits per heavy atom. The lowest BCUT2D eigenvalue weighted by atomic mass is 9.79. The zero-order valence-electron chi connectivity index (χ0n) is 15.7. The summed E-state index contributed by atoms with van der Waals surface area (Å²) in [6.07, 6.45) is 6.14. The molecule has 1 atom stereocenters. The summed E-state index contributed by atoms with van der Waals surface area (Å²) in [5.41, 5.74) is 13.7. The molecule has 1 amide bonds. The molecule has 2 aromatic rings. The topological polar surface area (TPSA) is 55.1 Å². The Morgan fingerprint density at radius 3 is 2.65 bits per heavy atom. The van der Waals surface area contributed by atoms with Gasteiger partial charge in [0.2, 0.25) is 5.91 Å². The van der Waals surface area contributed by atoms with Gasteiger partial charge in [0.1, 0.15) is 0 Å². The zero-order valence-corrected chi connectivity index (χ0v) is 15.7. The highest BCUT2D eigenvalue weighted by atomic mass is 16.1. The highest BCUT2D eigenvalue weighted by molar-refractivity contribution is 5.93. The van der Waals surface area contributed by atoms with E-state index in [1.165, 1.54) is 27.8 Å². The second-order valence-corrected chi connectivity index (χ2v) is 6.93. The molecule has 0 saturated heterocycles. The van der Waals surface area contributed by atoms with Gasteiger partial charge in [0.15, 0.2) is 0 Å². The summed E-state index contributed by atoms with van der Waals surface area (Å²) in [4.78, 5) is 11.7. The van der Waals surface area contributed by atoms with Gasteiger partial charge in [-0.05, 0) is 72.8 Å². The number of hydrogen-bond acceptors (Lipinski definition) is 2. The predicted octanol–water partition coefficient (Wildman–Crippen LogP) is 4.71. The maximum atomic E-state index is 11.7. The molecular formula is C23H26N2O. The fourth-order valence-electron chi connectivity index (χ4n) is 3.59. The summed E-state index contributed by atoms with van der Waals surface area (Å²) in [6, 6.07) is 14.1. The van der Waals surface area contributed by atoms with E-state index < -0.39 is 5.91 Å². The zero-order chi connectivity index (χ0) is 18.7. The minimum absolute atomic E-state index is 0.0944. The van der Waals surface area contributed by atoms with Gasteiger partial charge in [0.05, 0.1) is 0 Å². The minimum Gasteiger partial charge on any atom is -0.368 e. The third-order valence-corrected chi connectivity index (χ3v) is 5.27. The molecule has 1 heterocycles. The molecule has 2 aromatic carbocycles. The molecule has 0 bridgehead atoms. The van der Waals surface area contributed by atoms with E-state index in [9.17, 15) is 4.79 Å². The first-order valence-corrected chi connectivity index (χ1v) is 9.10. The quantitative estimate of drug-likeness (QED) is 0.824. The second kappa shape index (κ2) is 7.61. The Kier molecular flexibility index (Phi) is 5.27. The van der Waals surface area contributed by atoms with Crippen LogP contribution in [0.4, 0.5) is 0 Å². The monoisotopic (exact) mass is 346 g/mol. The van der Waals surface area contributed by atoms with Crippen molar-refractivity contribution in [3.8, 4) is 0 Å². The van der Waals surface area contributed by atoms with E-state index in [-0.39, 0.29) is 5.92 Å². The average molecular weight is 346 g/mol. The van der Waals surface area contributed by atoms with E-state index in [1.807, 2.05) is 12.1 Å². The van der Waals surface area contributed by atoms with Crippen LogP contribution in [0, 0.1) is 13.8 Å². The first kappa shape index (κ1) is 18.0. The molecule has 3 N–H and O–H groups in total. The van der Waals surface area contributed by atoms with Crippen LogP contribution in [-0.4, -0.2) is 5.91 Å². The van der Waals surface area contributed by atoms with Gasteiger partial charge < -0.3 is 11.1 Å². The van der Waals surface area contributed by atoms with Gasteiger partial charge in [0, 0.05) is 17.7 Å². The van der Waals surface area contributed by atoms with Gasteiger partial charge in [-0.3, -0.25) is 4.79 Å². The number of nitrogens with one attached hydrogen (secondary N) is 1. The van der Waals surface area contributed by atoms with Crippen LogP contribution in [0.1, 0.15) is 58.3 Å². The summed E-state index contributed by atoms with van der Waals surface area (Å²) in [5.74, 6) is -0.298. The fourth-order valence-corrected chi connectivity index (χ4v) is 3.59. The average Bonchev–Trinajstić information content (AvgIpc) is 2.66. The van der Waals surface area contributed by atoms with Crippen molar-refractivity contribution in [3.05, 3.63) is 93.8 Å². The van der Waals surface area contributed by atoms with Crippen molar-refractivity contribution in [2.24, 2.45) is 5.73 Å². The number of carbonyl (C=O) groups excluding carboxylic acids is 1. The standard InChI is InChI=1S/C23H26N2O/c1-4-17-11-20(14-25-13-17)22(21-10-5-7-15(2)16(21)3)18-8-6-9-19(12-18)23(24)26/h5-10,12-14,22,25H,4,11H2,1-3H3,(H2,24,26). The van der Waals surface area contributed by atoms with E-state index in [4.69, 9.17) is 5.73 Å². The summed E-state index contributed by atoms with van der Waals surface area (Å²) in [5, 5.41) is 3.31. The van der Waals surface area contributed by atoms with Crippen molar-refractivity contribution in [2.45, 2.75) is 39.5 Å². The van der Waals surface area contributed by atoms with Crippen molar-refractivity contribution in [3.63, 3.8) is 0 Å². The first-order chi connectivity index (χ1) is 12.5. The Bertz CT molecular complexity index is 893. The lowest BCUT2D eigenvalue weighted by molar-refractivity contribution is 0.1000. The summed E-state index contributed by atoms with van der Waals surface area (Å²) in [6.45, 7) is 6.49. The van der Waals surface area contributed by atoms with E-state index in [2.05, 4.69) is 62.8 Å². The lowest BCUT2D eigenvalue weighted by Crippen LogP contribution is -2.16. The Morgan fingerprint density at radius 1 is 1.15 bits per heavy atom. The van der Waals surface area contributed by atoms with Crippen LogP contribution in [0.15, 0.2) is 66.0 Å². The van der Waals surface area contributed by atoms with Crippen LogP contribution in [-0.2, 0) is 0 Å². The molecule has 1 unspecified atom stereocenters. The van der Waals surface area contributed by atoms with Crippen LogP contribution < -0.4 is 11.1 Å². The second-order valence-electron chi connectivity index (χ2n) is 6.93. The molecule has 0 aromatic heterocycles. The van der Waals surface area contributed by atoms with E-state index >= 15 is 0 Å². The molecule has 134 valence electrons. The van der Waals surface area contributed by atoms with Crippen molar-refractivity contribution in [2.75, 3.05) is 0 Å². The Balaban J connectivity index is 2.14. The number of nitrogens with two attached hydrogens (primary N) is 1. The smallest absolute Gasteiger partial charge is 0.248 e. The maximum Gasteiger partial charge on any atom is 0.248 e. The number of allylic oxidation sites excluding steroid dienone is 2. The van der Waals surface area contributed by atoms with Crippen LogP contribution in [0.25, 0.3) is 0 Å². The molecule has 0 aliphatic carbocycles. The molecule has 0 fully saturated rings. The van der Waals surface area contributed by atoms with E-state index in [1.54, 1.807) is 6.07 Å². The SMILES string of the molecule is CCC1=CNC=C(C(c2cccc(C(N)=O)c2)c2cccc(C)c2C)C1. The van der Waals surface area contributed by atoms with Crippen molar-refractivity contribution in [1.82, 2.24) is 5.32 Å². The Labute approximate surface area is 155 Å². The molecule has 0 saturated carbocycles. The van der Waals surface area contributed by atoms with Gasteiger partial charge in [0.25, 0.3) is 0 Å². The number of hydrogen-bond donors (Lipinski definition) is 2. The number of benzene rings is 2. The van der Waals surface area contributed by atoms with Crippen molar-refractivity contribution < 1.29 is 4.79 Å². The summed E-state index contributed by atoms with van der Waals surface area (Å²) < 4.78 is 0. The molecule has 26 heavy (non-hydrogen) atoms. The van der Waals surface area contributed by atoms with Gasteiger partial charge in [-0.1, -0.05) is 42.8 Å². The maximum absolute atomic E-state index is 11.7. The number of dihydropyridines is 1. The highest BCUT2D eigenvalue weighted by Crippen LogP contribution is 2.38. The van der Waals surface area contributed by atoms with Crippen LogP contribution in [0.2, 0.25) is 0 Å². The van der Waals surface area contributed by atoms with Crippen LogP contribution in [0.5, 0.6) is 0 Å². The number of rotatable bonds is 5. The third kappa shape index (κ3) is 3.57. The molecule has 1 aliphatic heterocycles. The molecule has 0 spiro atoms. The van der Waals surface area contributed by atoms with Crippen LogP contribution in [0.3, 0.4) is 0 Å². The largest absolute Gasteiger partial charge is 0.368 e. The highest BCUT2D eigenvalue weighted by Gasteiger charge is 2.24. The normalized spacial score (nSPS) is 14.9. The van der Waals surface area contributed by atoms with E-state index in [0.29, 0.717) is 5.56 Å². The van der Waals surface area contributed by atoms with Crippen LogP contribution >= 0.6 is 0 Å². The van der Waals surface area contributed by atoms with Gasteiger partial charge >= 0.3 is 0 Å². The number of amides is 1. The summed E-state index contributed by atoms with van der Waals surface area (Å²) in [7, 11) is 0. The molecular weight excluding hydrogens is 320 g/mol. The number of primary amides is 1. The van der Waals surface area contributed by atoms with Gasteiger partial charge in [-0.15, -0.1) is 0 Å². The lowest BCUT2D eigenvalue weighted by Gasteiger charge is -2.27. The molecule has 3 nitrogen and oxygen atoms in total. The molecule has 1 aliphatic rings. The van der Waals surface area contributed by atoms with Crippen molar-refractivity contribution >= 4 is 5.91 Å². The fraction of sp³-hybridized carbons (Fsp3) is 0.261. The number of aryl methyl sites for hydroxylation is 1. The number of carbonyl (C=O) groups is 1. The van der Waals surface area contributed by atoms with E-state index in [0.717, 1.165) is 18.4 Å². The summed E-state index contributed by atoms with van der Waals surface area (Å²) >= 11 is 0. The Hall–Kier alpha value is -2.81. The molecule has 3 rings (SSSR count). The van der Waals surface area contributed by atoms with Crippen molar-refractivity contribution in [1.29, 1.82) is 0 Å². The first-order valence-electron chi connectivity index (χ1n) is 9.10. The minimum atomic E-state index is -0.392. The molecule has 0 radical (unpaired) electrons.